The average Bonchev–Trinajstić information content (AvgIpc) is 2.49. The molecular weight excluding hydrogens is 310 g/mol. The normalized spacial score (nSPS) is 14.1. The van der Waals surface area contributed by atoms with E-state index in [-0.39, 0.29) is 10.6 Å². The number of fused-ring (bicyclic) bond motifs is 1. The molecular formula is C15H14F2N2O2S. The van der Waals surface area contributed by atoms with Crippen molar-refractivity contribution in [3.63, 3.8) is 0 Å². The Hall–Kier alpha value is -2.15. The van der Waals surface area contributed by atoms with Crippen molar-refractivity contribution in [3.05, 3.63) is 53.6 Å². The Labute approximate surface area is 127 Å². The molecule has 116 valence electrons. The maximum atomic E-state index is 13.7. The molecule has 1 aliphatic rings. The lowest BCUT2D eigenvalue weighted by Crippen LogP contribution is -2.20. The number of benzene rings is 2. The highest BCUT2D eigenvalue weighted by molar-refractivity contribution is 7.92. The average molecular weight is 324 g/mol. The molecule has 1 aliphatic heterocycles. The van der Waals surface area contributed by atoms with Crippen molar-refractivity contribution >= 4 is 21.4 Å². The van der Waals surface area contributed by atoms with Crippen molar-refractivity contribution in [2.24, 2.45) is 0 Å². The van der Waals surface area contributed by atoms with E-state index in [9.17, 15) is 17.2 Å². The Kier molecular flexibility index (Phi) is 3.74. The van der Waals surface area contributed by atoms with E-state index >= 15 is 0 Å². The van der Waals surface area contributed by atoms with E-state index in [2.05, 4.69) is 10.0 Å². The zero-order chi connectivity index (χ0) is 15.7. The monoisotopic (exact) mass is 324 g/mol. The van der Waals surface area contributed by atoms with Crippen molar-refractivity contribution in [2.75, 3.05) is 16.6 Å². The Morgan fingerprint density at radius 1 is 1.14 bits per heavy atom. The third-order valence-electron chi connectivity index (χ3n) is 3.50. The lowest BCUT2D eigenvalue weighted by atomic mass is 10.0. The lowest BCUT2D eigenvalue weighted by Gasteiger charge is -2.21. The van der Waals surface area contributed by atoms with Crippen LogP contribution in [0, 0.1) is 11.6 Å². The zero-order valence-electron chi connectivity index (χ0n) is 11.6. The molecule has 0 spiro atoms. The number of aryl methyl sites for hydroxylation is 1. The lowest BCUT2D eigenvalue weighted by molar-refractivity contribution is 0.582. The number of hydrogen-bond donors (Lipinski definition) is 2. The number of hydrogen-bond acceptors (Lipinski definition) is 3. The standard InChI is InChI=1S/C15H14F2N2O2S/c16-11-6-7-13(12(17)9-11)19-22(20,21)14-5-1-3-10-4-2-8-18-15(10)14/h1,3,5-7,9,18-19H,2,4,8H2. The first kappa shape index (κ1) is 14.8. The van der Waals surface area contributed by atoms with Gasteiger partial charge in [-0.3, -0.25) is 4.72 Å². The van der Waals surface area contributed by atoms with Gasteiger partial charge >= 0.3 is 0 Å². The van der Waals surface area contributed by atoms with E-state index in [4.69, 9.17) is 0 Å². The summed E-state index contributed by atoms with van der Waals surface area (Å²) in [6.45, 7) is 0.685. The second-order valence-corrected chi connectivity index (χ2v) is 6.70. The Balaban J connectivity index is 2.00. The number of anilines is 2. The van der Waals surface area contributed by atoms with Crippen LogP contribution in [0.5, 0.6) is 0 Å². The van der Waals surface area contributed by atoms with Crippen LogP contribution in [0.2, 0.25) is 0 Å². The summed E-state index contributed by atoms with van der Waals surface area (Å²) in [6.07, 6.45) is 1.72. The van der Waals surface area contributed by atoms with Crippen LogP contribution < -0.4 is 10.0 Å². The smallest absolute Gasteiger partial charge is 0.264 e. The molecule has 0 saturated carbocycles. The molecule has 0 fully saturated rings. The second kappa shape index (κ2) is 5.57. The van der Waals surface area contributed by atoms with Gasteiger partial charge in [-0.2, -0.15) is 0 Å². The molecule has 0 atom stereocenters. The molecule has 4 nitrogen and oxygen atoms in total. The van der Waals surface area contributed by atoms with Crippen LogP contribution in [0.15, 0.2) is 41.3 Å². The number of nitrogens with one attached hydrogen (secondary N) is 2. The first-order valence-corrected chi connectivity index (χ1v) is 8.29. The Morgan fingerprint density at radius 2 is 1.95 bits per heavy atom. The van der Waals surface area contributed by atoms with Gasteiger partial charge in [0.05, 0.1) is 11.4 Å². The first-order chi connectivity index (χ1) is 10.5. The third-order valence-corrected chi connectivity index (χ3v) is 4.91. The predicted octanol–water partition coefficient (Wildman–Crippen LogP) is 3.12. The van der Waals surface area contributed by atoms with Crippen molar-refractivity contribution in [1.29, 1.82) is 0 Å². The van der Waals surface area contributed by atoms with Gasteiger partial charge in [-0.1, -0.05) is 12.1 Å². The van der Waals surface area contributed by atoms with E-state index in [0.717, 1.165) is 30.5 Å². The van der Waals surface area contributed by atoms with Gasteiger partial charge in [0, 0.05) is 12.6 Å². The van der Waals surface area contributed by atoms with Crippen molar-refractivity contribution in [2.45, 2.75) is 17.7 Å². The van der Waals surface area contributed by atoms with Gasteiger partial charge < -0.3 is 5.32 Å². The van der Waals surface area contributed by atoms with Crippen LogP contribution in [0.25, 0.3) is 0 Å². The Bertz CT molecular complexity index is 822. The molecule has 0 aliphatic carbocycles. The van der Waals surface area contributed by atoms with Crippen LogP contribution in [0.1, 0.15) is 12.0 Å². The minimum atomic E-state index is -3.97. The summed E-state index contributed by atoms with van der Waals surface area (Å²) in [6, 6.07) is 7.67. The minimum absolute atomic E-state index is 0.0634. The number of para-hydroxylation sites is 1. The third kappa shape index (κ3) is 2.76. The highest BCUT2D eigenvalue weighted by Gasteiger charge is 2.23. The number of sulfonamides is 1. The van der Waals surface area contributed by atoms with Gasteiger partial charge in [0.1, 0.15) is 16.5 Å². The second-order valence-electron chi connectivity index (χ2n) is 5.05. The van der Waals surface area contributed by atoms with Crippen LogP contribution in [-0.4, -0.2) is 15.0 Å². The van der Waals surface area contributed by atoms with Crippen molar-refractivity contribution in [1.82, 2.24) is 0 Å². The molecule has 0 amide bonds. The molecule has 0 bridgehead atoms. The largest absolute Gasteiger partial charge is 0.384 e. The molecule has 0 saturated heterocycles. The van der Waals surface area contributed by atoms with Gasteiger partial charge in [-0.05, 0) is 36.6 Å². The van der Waals surface area contributed by atoms with E-state index in [1.165, 1.54) is 6.07 Å². The van der Waals surface area contributed by atoms with Crippen molar-refractivity contribution < 1.29 is 17.2 Å². The van der Waals surface area contributed by atoms with E-state index < -0.39 is 21.7 Å². The van der Waals surface area contributed by atoms with Crippen LogP contribution in [0.3, 0.4) is 0 Å². The fourth-order valence-electron chi connectivity index (χ4n) is 2.47. The van der Waals surface area contributed by atoms with Gasteiger partial charge in [-0.25, -0.2) is 17.2 Å². The van der Waals surface area contributed by atoms with Crippen LogP contribution >= 0.6 is 0 Å². The SMILES string of the molecule is O=S(=O)(Nc1ccc(F)cc1F)c1cccc2c1NCCC2. The molecule has 0 unspecified atom stereocenters. The van der Waals surface area contributed by atoms with Crippen LogP contribution in [0.4, 0.5) is 20.2 Å². The highest BCUT2D eigenvalue weighted by atomic mass is 32.2. The molecule has 0 radical (unpaired) electrons. The number of halogens is 2. The van der Waals surface area contributed by atoms with Gasteiger partial charge in [-0.15, -0.1) is 0 Å². The maximum Gasteiger partial charge on any atom is 0.264 e. The topological polar surface area (TPSA) is 58.2 Å². The van der Waals surface area contributed by atoms with E-state index in [1.807, 2.05) is 6.07 Å². The highest BCUT2D eigenvalue weighted by Crippen LogP contribution is 2.31. The summed E-state index contributed by atoms with van der Waals surface area (Å²) in [4.78, 5) is 0.0634. The predicted molar refractivity (Wildman–Crippen MR) is 80.4 cm³/mol. The molecule has 2 N–H and O–H groups in total. The molecule has 2 aromatic carbocycles. The quantitative estimate of drug-likeness (QED) is 0.912. The summed E-state index contributed by atoms with van der Waals surface area (Å²) in [5, 5.41) is 3.07. The summed E-state index contributed by atoms with van der Waals surface area (Å²) in [5.74, 6) is -1.72. The summed E-state index contributed by atoms with van der Waals surface area (Å²) >= 11 is 0. The van der Waals surface area contributed by atoms with E-state index in [0.29, 0.717) is 18.3 Å². The fraction of sp³-hybridized carbons (Fsp3) is 0.200. The molecule has 3 rings (SSSR count). The first-order valence-electron chi connectivity index (χ1n) is 6.81. The molecule has 0 aromatic heterocycles. The summed E-state index contributed by atoms with van der Waals surface area (Å²) in [7, 11) is -3.97. The molecule has 22 heavy (non-hydrogen) atoms. The van der Waals surface area contributed by atoms with Gasteiger partial charge in [0.2, 0.25) is 0 Å². The van der Waals surface area contributed by atoms with Gasteiger partial charge in [0.25, 0.3) is 10.0 Å². The number of rotatable bonds is 3. The molecule has 1 heterocycles. The van der Waals surface area contributed by atoms with E-state index in [1.54, 1.807) is 6.07 Å². The van der Waals surface area contributed by atoms with Gasteiger partial charge in [0.15, 0.2) is 0 Å². The fourth-order valence-corrected chi connectivity index (χ4v) is 3.77. The molecule has 2 aromatic rings. The Morgan fingerprint density at radius 3 is 2.73 bits per heavy atom. The maximum absolute atomic E-state index is 13.7. The van der Waals surface area contributed by atoms with Crippen LogP contribution in [-0.2, 0) is 16.4 Å². The summed E-state index contributed by atoms with van der Waals surface area (Å²) in [5.41, 5.74) is 1.17. The molecule has 7 heteroatoms. The minimum Gasteiger partial charge on any atom is -0.384 e. The zero-order valence-corrected chi connectivity index (χ0v) is 12.4. The van der Waals surface area contributed by atoms with Crippen molar-refractivity contribution in [3.8, 4) is 0 Å². The summed E-state index contributed by atoms with van der Waals surface area (Å²) < 4.78 is 53.7.